The Balaban J connectivity index is 2.03. The Morgan fingerprint density at radius 2 is 1.50 bits per heavy atom. The van der Waals surface area contributed by atoms with Gasteiger partial charge in [0.15, 0.2) is 5.11 Å². The molecular formula is C12H9Cl2N3S. The maximum atomic E-state index is 5.90. The van der Waals surface area contributed by atoms with Gasteiger partial charge in [-0.3, -0.25) is 4.98 Å². The maximum absolute atomic E-state index is 5.90. The first-order valence-corrected chi connectivity index (χ1v) is 6.24. The molecule has 3 nitrogen and oxygen atoms in total. The van der Waals surface area contributed by atoms with Crippen LogP contribution in [0.4, 0.5) is 11.4 Å². The quantitative estimate of drug-likeness (QED) is 0.815. The molecule has 0 saturated heterocycles. The molecule has 0 bridgehead atoms. The molecule has 2 N–H and O–H groups in total. The molecule has 0 aliphatic rings. The Hall–Kier alpha value is -1.36. The van der Waals surface area contributed by atoms with Crippen molar-refractivity contribution in [3.8, 4) is 0 Å². The lowest BCUT2D eigenvalue weighted by Crippen LogP contribution is -2.18. The zero-order valence-corrected chi connectivity index (χ0v) is 11.5. The van der Waals surface area contributed by atoms with Crippen molar-refractivity contribution in [3.63, 3.8) is 0 Å². The van der Waals surface area contributed by atoms with Crippen molar-refractivity contribution in [1.82, 2.24) is 4.98 Å². The smallest absolute Gasteiger partial charge is 0.175 e. The van der Waals surface area contributed by atoms with Crippen LogP contribution in [0.3, 0.4) is 0 Å². The number of anilines is 2. The van der Waals surface area contributed by atoms with Crippen LogP contribution in [0.2, 0.25) is 10.0 Å². The van der Waals surface area contributed by atoms with Gasteiger partial charge in [0.1, 0.15) is 0 Å². The molecular weight excluding hydrogens is 289 g/mol. The Bertz CT molecular complexity index is 540. The molecule has 0 aliphatic heterocycles. The van der Waals surface area contributed by atoms with Gasteiger partial charge < -0.3 is 10.6 Å². The van der Waals surface area contributed by atoms with E-state index in [9.17, 15) is 0 Å². The first-order valence-electron chi connectivity index (χ1n) is 5.07. The van der Waals surface area contributed by atoms with Crippen molar-refractivity contribution in [1.29, 1.82) is 0 Å². The van der Waals surface area contributed by atoms with Crippen LogP contribution in [-0.4, -0.2) is 10.1 Å². The van der Waals surface area contributed by atoms with E-state index in [1.165, 1.54) is 0 Å². The summed E-state index contributed by atoms with van der Waals surface area (Å²) in [4.78, 5) is 3.92. The average molecular weight is 298 g/mol. The second-order valence-corrected chi connectivity index (χ2v) is 4.75. The fourth-order valence-corrected chi connectivity index (χ4v) is 2.12. The highest BCUT2D eigenvalue weighted by atomic mass is 35.5. The fourth-order valence-electron chi connectivity index (χ4n) is 1.35. The van der Waals surface area contributed by atoms with Crippen molar-refractivity contribution in [2.75, 3.05) is 10.6 Å². The van der Waals surface area contributed by atoms with E-state index in [0.29, 0.717) is 15.2 Å². The summed E-state index contributed by atoms with van der Waals surface area (Å²) in [7, 11) is 0. The molecule has 0 amide bonds. The first-order chi connectivity index (χ1) is 8.63. The van der Waals surface area contributed by atoms with Gasteiger partial charge >= 0.3 is 0 Å². The van der Waals surface area contributed by atoms with Crippen LogP contribution in [-0.2, 0) is 0 Å². The van der Waals surface area contributed by atoms with Crippen LogP contribution >= 0.6 is 35.4 Å². The highest BCUT2D eigenvalue weighted by Gasteiger charge is 2.01. The molecule has 0 saturated carbocycles. The van der Waals surface area contributed by atoms with Gasteiger partial charge in [0, 0.05) is 33.8 Å². The molecule has 0 atom stereocenters. The molecule has 0 fully saturated rings. The normalized spacial score (nSPS) is 9.89. The zero-order valence-electron chi connectivity index (χ0n) is 9.15. The summed E-state index contributed by atoms with van der Waals surface area (Å²) in [6, 6.07) is 8.79. The third-order valence-electron chi connectivity index (χ3n) is 2.06. The number of benzene rings is 1. The molecule has 1 heterocycles. The van der Waals surface area contributed by atoms with Gasteiger partial charge in [-0.15, -0.1) is 0 Å². The molecule has 0 spiro atoms. The third-order valence-corrected chi connectivity index (χ3v) is 2.70. The summed E-state index contributed by atoms with van der Waals surface area (Å²) in [6.07, 6.45) is 3.36. The van der Waals surface area contributed by atoms with Gasteiger partial charge in [-0.1, -0.05) is 23.2 Å². The lowest BCUT2D eigenvalue weighted by Gasteiger charge is -2.10. The summed E-state index contributed by atoms with van der Waals surface area (Å²) >= 11 is 17.0. The average Bonchev–Trinajstić information content (AvgIpc) is 2.28. The van der Waals surface area contributed by atoms with E-state index in [0.717, 1.165) is 11.4 Å². The summed E-state index contributed by atoms with van der Waals surface area (Å²) in [5, 5.41) is 7.59. The van der Waals surface area contributed by atoms with Crippen LogP contribution in [0.15, 0.2) is 42.7 Å². The van der Waals surface area contributed by atoms with Gasteiger partial charge in [-0.25, -0.2) is 0 Å². The Morgan fingerprint density at radius 3 is 2.11 bits per heavy atom. The number of nitrogens with one attached hydrogen (secondary N) is 2. The Kier molecular flexibility index (Phi) is 4.36. The minimum absolute atomic E-state index is 0.458. The van der Waals surface area contributed by atoms with E-state index in [1.807, 2.05) is 12.1 Å². The minimum Gasteiger partial charge on any atom is -0.332 e. The van der Waals surface area contributed by atoms with Crippen molar-refractivity contribution >= 4 is 51.9 Å². The Labute approximate surface area is 120 Å². The molecule has 0 aliphatic carbocycles. The number of pyridine rings is 1. The summed E-state index contributed by atoms with van der Waals surface area (Å²) in [5.74, 6) is 0. The number of hydrogen-bond donors (Lipinski definition) is 2. The van der Waals surface area contributed by atoms with E-state index in [1.54, 1.807) is 30.6 Å². The summed E-state index contributed by atoms with van der Waals surface area (Å²) in [5.41, 5.74) is 1.59. The van der Waals surface area contributed by atoms with Gasteiger partial charge in [0.2, 0.25) is 0 Å². The highest BCUT2D eigenvalue weighted by molar-refractivity contribution is 7.80. The third kappa shape index (κ3) is 3.84. The molecule has 2 rings (SSSR count). The van der Waals surface area contributed by atoms with Gasteiger partial charge in [-0.2, -0.15) is 0 Å². The molecule has 0 unspecified atom stereocenters. The SMILES string of the molecule is S=C(Nc1ccncc1)Nc1cc(Cl)cc(Cl)c1. The monoisotopic (exact) mass is 297 g/mol. The topological polar surface area (TPSA) is 37.0 Å². The van der Waals surface area contributed by atoms with Crippen LogP contribution in [0.5, 0.6) is 0 Å². The number of hydrogen-bond acceptors (Lipinski definition) is 2. The van der Waals surface area contributed by atoms with Gasteiger partial charge in [-0.05, 0) is 42.5 Å². The van der Waals surface area contributed by atoms with Crippen LogP contribution in [0.1, 0.15) is 0 Å². The van der Waals surface area contributed by atoms with E-state index >= 15 is 0 Å². The predicted octanol–water partition coefficient (Wildman–Crippen LogP) is 4.20. The molecule has 92 valence electrons. The number of aromatic nitrogens is 1. The van der Waals surface area contributed by atoms with Crippen molar-refractivity contribution in [2.45, 2.75) is 0 Å². The molecule has 6 heteroatoms. The van der Waals surface area contributed by atoms with Gasteiger partial charge in [0.25, 0.3) is 0 Å². The molecule has 18 heavy (non-hydrogen) atoms. The first kappa shape index (κ1) is 13.1. The zero-order chi connectivity index (χ0) is 13.0. The van der Waals surface area contributed by atoms with E-state index in [4.69, 9.17) is 35.4 Å². The summed E-state index contributed by atoms with van der Waals surface area (Å²) < 4.78 is 0. The Morgan fingerprint density at radius 1 is 0.944 bits per heavy atom. The van der Waals surface area contributed by atoms with E-state index in [2.05, 4.69) is 15.6 Å². The van der Waals surface area contributed by atoms with Crippen LogP contribution in [0, 0.1) is 0 Å². The number of thiocarbonyl (C=S) groups is 1. The number of rotatable bonds is 2. The lowest BCUT2D eigenvalue weighted by atomic mass is 10.3. The van der Waals surface area contributed by atoms with Crippen molar-refractivity contribution in [3.05, 3.63) is 52.8 Å². The highest BCUT2D eigenvalue weighted by Crippen LogP contribution is 2.22. The maximum Gasteiger partial charge on any atom is 0.175 e. The molecule has 1 aromatic heterocycles. The number of halogens is 2. The van der Waals surface area contributed by atoms with Crippen molar-refractivity contribution in [2.24, 2.45) is 0 Å². The second-order valence-electron chi connectivity index (χ2n) is 3.47. The van der Waals surface area contributed by atoms with Crippen LogP contribution < -0.4 is 10.6 Å². The summed E-state index contributed by atoms with van der Waals surface area (Å²) in [6.45, 7) is 0. The molecule has 2 aromatic rings. The van der Waals surface area contributed by atoms with E-state index in [-0.39, 0.29) is 0 Å². The lowest BCUT2D eigenvalue weighted by molar-refractivity contribution is 1.33. The second kappa shape index (κ2) is 6.00. The predicted molar refractivity (Wildman–Crippen MR) is 80.5 cm³/mol. The van der Waals surface area contributed by atoms with E-state index < -0.39 is 0 Å². The molecule has 0 radical (unpaired) electrons. The van der Waals surface area contributed by atoms with Crippen LogP contribution in [0.25, 0.3) is 0 Å². The standard InChI is InChI=1S/C12H9Cl2N3S/c13-8-5-9(14)7-11(6-8)17-12(18)16-10-1-3-15-4-2-10/h1-7H,(H2,15,16,17,18). The van der Waals surface area contributed by atoms with Crippen molar-refractivity contribution < 1.29 is 0 Å². The van der Waals surface area contributed by atoms with Gasteiger partial charge in [0.05, 0.1) is 0 Å². The minimum atomic E-state index is 0.458. The largest absolute Gasteiger partial charge is 0.332 e. The number of nitrogens with zero attached hydrogens (tertiary/aromatic N) is 1. The molecule has 1 aromatic carbocycles. The fraction of sp³-hybridized carbons (Fsp3) is 0.